The smallest absolute Gasteiger partial charge is 0.211 e. The van der Waals surface area contributed by atoms with Crippen LogP contribution in [0, 0.1) is 17.3 Å². The van der Waals surface area contributed by atoms with Crippen LogP contribution in [0.15, 0.2) is 30.3 Å². The third kappa shape index (κ3) is 2.69. The summed E-state index contributed by atoms with van der Waals surface area (Å²) in [5.41, 5.74) is 1.39. The number of methoxy groups -OCH3 is 1. The highest BCUT2D eigenvalue weighted by Gasteiger charge is 2.29. The highest BCUT2D eigenvalue weighted by molar-refractivity contribution is 8.09. The SMILES string of the molecule is CC#CC(C)(OC)SC1=CC(=N)C(=O)c2ccccc21. The number of hydrogen-bond acceptors (Lipinski definition) is 4. The van der Waals surface area contributed by atoms with Gasteiger partial charge in [-0.05, 0) is 25.5 Å². The number of benzene rings is 1. The molecule has 1 N–H and O–H groups in total. The maximum atomic E-state index is 12.0. The average Bonchev–Trinajstić information content (AvgIpc) is 2.45. The molecule has 0 bridgehead atoms. The Morgan fingerprint density at radius 2 is 1.95 bits per heavy atom. The topological polar surface area (TPSA) is 50.1 Å². The van der Waals surface area contributed by atoms with Gasteiger partial charge in [0.1, 0.15) is 5.71 Å². The Morgan fingerprint density at radius 1 is 1.30 bits per heavy atom. The van der Waals surface area contributed by atoms with Crippen LogP contribution >= 0.6 is 11.8 Å². The second-order valence-electron chi connectivity index (χ2n) is 4.42. The molecule has 3 nitrogen and oxygen atoms in total. The van der Waals surface area contributed by atoms with E-state index in [-0.39, 0.29) is 11.5 Å². The summed E-state index contributed by atoms with van der Waals surface area (Å²) in [7, 11) is 1.60. The normalized spacial score (nSPS) is 16.6. The minimum atomic E-state index is -0.700. The van der Waals surface area contributed by atoms with Crippen LogP contribution in [0.3, 0.4) is 0 Å². The van der Waals surface area contributed by atoms with E-state index >= 15 is 0 Å². The molecule has 0 aromatic heterocycles. The summed E-state index contributed by atoms with van der Waals surface area (Å²) < 4.78 is 5.45. The lowest BCUT2D eigenvalue weighted by molar-refractivity contribution is 0.106. The Balaban J connectivity index is 2.46. The van der Waals surface area contributed by atoms with Crippen molar-refractivity contribution in [3.8, 4) is 11.8 Å². The number of fused-ring (bicyclic) bond motifs is 1. The van der Waals surface area contributed by atoms with Gasteiger partial charge in [0.15, 0.2) is 4.93 Å². The number of allylic oxidation sites excluding steroid dienone is 1. The van der Waals surface area contributed by atoms with Crippen molar-refractivity contribution in [2.24, 2.45) is 0 Å². The molecular formula is C16H15NO2S. The number of ketones is 1. The first-order valence-corrected chi connectivity index (χ1v) is 6.95. The highest BCUT2D eigenvalue weighted by atomic mass is 32.2. The summed E-state index contributed by atoms with van der Waals surface area (Å²) in [5.74, 6) is 5.61. The fourth-order valence-corrected chi connectivity index (χ4v) is 3.08. The zero-order valence-electron chi connectivity index (χ0n) is 11.6. The van der Waals surface area contributed by atoms with Gasteiger partial charge in [-0.2, -0.15) is 0 Å². The van der Waals surface area contributed by atoms with Crippen molar-refractivity contribution in [2.45, 2.75) is 18.8 Å². The summed E-state index contributed by atoms with van der Waals surface area (Å²) in [6.07, 6.45) is 1.59. The van der Waals surface area contributed by atoms with Crippen molar-refractivity contribution in [2.75, 3.05) is 7.11 Å². The molecule has 1 aliphatic carbocycles. The molecule has 102 valence electrons. The number of carbonyl (C=O) groups is 1. The van der Waals surface area contributed by atoms with Crippen LogP contribution in [0.4, 0.5) is 0 Å². The van der Waals surface area contributed by atoms with Gasteiger partial charge in [0, 0.05) is 17.6 Å². The Morgan fingerprint density at radius 3 is 2.55 bits per heavy atom. The second-order valence-corrected chi connectivity index (χ2v) is 5.85. The predicted molar refractivity (Wildman–Crippen MR) is 82.9 cm³/mol. The molecular weight excluding hydrogens is 270 g/mol. The van der Waals surface area contributed by atoms with Gasteiger partial charge in [-0.3, -0.25) is 10.2 Å². The molecule has 1 aromatic rings. The van der Waals surface area contributed by atoms with E-state index in [1.54, 1.807) is 32.2 Å². The molecule has 0 saturated heterocycles. The van der Waals surface area contributed by atoms with Gasteiger partial charge in [0.05, 0.1) is 0 Å². The Labute approximate surface area is 122 Å². The molecule has 2 rings (SSSR count). The lowest BCUT2D eigenvalue weighted by Crippen LogP contribution is -2.23. The van der Waals surface area contributed by atoms with Crippen molar-refractivity contribution >= 4 is 28.2 Å². The first kappa shape index (κ1) is 14.6. The van der Waals surface area contributed by atoms with Gasteiger partial charge < -0.3 is 4.74 Å². The first-order chi connectivity index (χ1) is 9.50. The molecule has 1 aliphatic rings. The molecule has 1 unspecified atom stereocenters. The molecule has 1 atom stereocenters. The predicted octanol–water partition coefficient (Wildman–Crippen LogP) is 3.36. The van der Waals surface area contributed by atoms with Crippen molar-refractivity contribution in [3.63, 3.8) is 0 Å². The minimum absolute atomic E-state index is 0.00545. The number of thioether (sulfide) groups is 1. The minimum Gasteiger partial charge on any atom is -0.356 e. The van der Waals surface area contributed by atoms with Gasteiger partial charge in [0.2, 0.25) is 5.78 Å². The second kappa shape index (κ2) is 5.66. The van der Waals surface area contributed by atoms with Crippen LogP contribution < -0.4 is 0 Å². The quantitative estimate of drug-likeness (QED) is 0.684. The van der Waals surface area contributed by atoms with Gasteiger partial charge in [-0.15, -0.1) is 5.92 Å². The molecule has 0 fully saturated rings. The number of Topliss-reactive ketones (excluding diaryl/α,β-unsaturated/α-hetero) is 1. The molecule has 0 spiro atoms. The molecule has 4 heteroatoms. The van der Waals surface area contributed by atoms with E-state index in [2.05, 4.69) is 11.8 Å². The van der Waals surface area contributed by atoms with Crippen molar-refractivity contribution in [3.05, 3.63) is 41.5 Å². The van der Waals surface area contributed by atoms with Crippen LogP contribution in [0.25, 0.3) is 4.91 Å². The van der Waals surface area contributed by atoms with Crippen LogP contribution in [-0.2, 0) is 4.74 Å². The third-order valence-electron chi connectivity index (χ3n) is 3.00. The highest BCUT2D eigenvalue weighted by Crippen LogP contribution is 2.41. The molecule has 20 heavy (non-hydrogen) atoms. The Bertz CT molecular complexity index is 667. The first-order valence-electron chi connectivity index (χ1n) is 6.13. The standard InChI is InChI=1S/C16H15NO2S/c1-4-9-16(2,19-3)20-14-10-13(17)15(18)12-8-6-5-7-11(12)14/h5-8,10,17H,1-3H3. The maximum Gasteiger partial charge on any atom is 0.211 e. The molecule has 1 aromatic carbocycles. The number of ether oxygens (including phenoxy) is 1. The van der Waals surface area contributed by atoms with E-state index in [9.17, 15) is 4.79 Å². The summed E-state index contributed by atoms with van der Waals surface area (Å²) in [4.78, 5) is 12.1. The lowest BCUT2D eigenvalue weighted by Gasteiger charge is -2.25. The van der Waals surface area contributed by atoms with Gasteiger partial charge in [-0.25, -0.2) is 0 Å². The zero-order valence-corrected chi connectivity index (χ0v) is 12.4. The van der Waals surface area contributed by atoms with Crippen LogP contribution in [0.5, 0.6) is 0 Å². The molecule has 0 saturated carbocycles. The Kier molecular flexibility index (Phi) is 4.12. The average molecular weight is 285 g/mol. The van der Waals surface area contributed by atoms with E-state index in [1.165, 1.54) is 11.8 Å². The van der Waals surface area contributed by atoms with E-state index in [0.29, 0.717) is 5.56 Å². The van der Waals surface area contributed by atoms with Crippen molar-refractivity contribution < 1.29 is 9.53 Å². The van der Waals surface area contributed by atoms with E-state index in [1.807, 2.05) is 19.1 Å². The number of hydrogen-bond donors (Lipinski definition) is 1. The maximum absolute atomic E-state index is 12.0. The lowest BCUT2D eigenvalue weighted by atomic mass is 9.95. The van der Waals surface area contributed by atoms with E-state index < -0.39 is 4.93 Å². The Hall–Kier alpha value is -1.83. The molecule has 0 radical (unpaired) electrons. The van der Waals surface area contributed by atoms with Crippen molar-refractivity contribution in [1.82, 2.24) is 0 Å². The molecule has 0 heterocycles. The van der Waals surface area contributed by atoms with E-state index in [4.69, 9.17) is 10.1 Å². The number of rotatable bonds is 3. The van der Waals surface area contributed by atoms with Crippen LogP contribution in [-0.4, -0.2) is 23.5 Å². The zero-order chi connectivity index (χ0) is 14.8. The summed E-state index contributed by atoms with van der Waals surface area (Å²) in [5, 5.41) is 7.81. The summed E-state index contributed by atoms with van der Waals surface area (Å²) >= 11 is 1.41. The van der Waals surface area contributed by atoms with Crippen LogP contribution in [0.1, 0.15) is 29.8 Å². The van der Waals surface area contributed by atoms with Crippen molar-refractivity contribution in [1.29, 1.82) is 5.41 Å². The van der Waals surface area contributed by atoms with Gasteiger partial charge in [0.25, 0.3) is 0 Å². The molecule has 0 aliphatic heterocycles. The fourth-order valence-electron chi connectivity index (χ4n) is 1.96. The third-order valence-corrected chi connectivity index (χ3v) is 4.22. The monoisotopic (exact) mass is 285 g/mol. The van der Waals surface area contributed by atoms with Gasteiger partial charge in [-0.1, -0.05) is 41.9 Å². The summed E-state index contributed by atoms with van der Waals surface area (Å²) in [6, 6.07) is 7.31. The number of nitrogens with one attached hydrogen (secondary N) is 1. The summed E-state index contributed by atoms with van der Waals surface area (Å²) in [6.45, 7) is 3.63. The molecule has 0 amide bonds. The number of carbonyl (C=O) groups excluding carboxylic acids is 1. The largest absolute Gasteiger partial charge is 0.356 e. The van der Waals surface area contributed by atoms with Gasteiger partial charge >= 0.3 is 0 Å². The van der Waals surface area contributed by atoms with E-state index in [0.717, 1.165) is 10.5 Å². The van der Waals surface area contributed by atoms with Crippen LogP contribution in [0.2, 0.25) is 0 Å². The fraction of sp³-hybridized carbons (Fsp3) is 0.250.